The van der Waals surface area contributed by atoms with Crippen LogP contribution >= 0.6 is 11.8 Å². The standard InChI is InChI=1S/C21H16N2O2S/c1-25-17-11-9-16(10-12-17)22-21-23-20(24)19(26-21)13-15-7-4-6-14-5-2-3-8-18(14)15/h2-13H,1H3,(H,22,23,24). The third-order valence-corrected chi connectivity index (χ3v) is 4.97. The lowest BCUT2D eigenvalue weighted by Crippen LogP contribution is -2.19. The number of thioether (sulfide) groups is 1. The number of amidine groups is 1. The Morgan fingerprint density at radius 2 is 1.77 bits per heavy atom. The monoisotopic (exact) mass is 360 g/mol. The van der Waals surface area contributed by atoms with Gasteiger partial charge in [0.25, 0.3) is 5.91 Å². The van der Waals surface area contributed by atoms with Gasteiger partial charge in [0, 0.05) is 0 Å². The molecule has 0 aliphatic carbocycles. The van der Waals surface area contributed by atoms with Crippen molar-refractivity contribution in [1.82, 2.24) is 5.32 Å². The second-order valence-corrected chi connectivity index (χ2v) is 6.78. The van der Waals surface area contributed by atoms with Crippen molar-refractivity contribution >= 4 is 45.4 Å². The fourth-order valence-corrected chi connectivity index (χ4v) is 3.60. The minimum atomic E-state index is -0.129. The highest BCUT2D eigenvalue weighted by Gasteiger charge is 2.24. The van der Waals surface area contributed by atoms with E-state index in [0.717, 1.165) is 27.8 Å². The van der Waals surface area contributed by atoms with E-state index in [0.29, 0.717) is 10.1 Å². The summed E-state index contributed by atoms with van der Waals surface area (Å²) in [6, 6.07) is 21.6. The Bertz CT molecular complexity index is 1030. The Balaban J connectivity index is 1.63. The van der Waals surface area contributed by atoms with Crippen LogP contribution in [0.1, 0.15) is 5.56 Å². The molecule has 1 amide bonds. The van der Waals surface area contributed by atoms with Crippen molar-refractivity contribution in [2.24, 2.45) is 4.99 Å². The molecule has 0 bridgehead atoms. The summed E-state index contributed by atoms with van der Waals surface area (Å²) in [5.74, 6) is 0.642. The second-order valence-electron chi connectivity index (χ2n) is 5.75. The molecule has 4 nitrogen and oxygen atoms in total. The molecule has 3 aromatic rings. The molecule has 0 unspecified atom stereocenters. The van der Waals surface area contributed by atoms with Gasteiger partial charge in [0.05, 0.1) is 17.7 Å². The maximum atomic E-state index is 12.3. The number of nitrogens with one attached hydrogen (secondary N) is 1. The summed E-state index contributed by atoms with van der Waals surface area (Å²) in [4.78, 5) is 17.4. The normalized spacial score (nSPS) is 17.0. The van der Waals surface area contributed by atoms with E-state index >= 15 is 0 Å². The Morgan fingerprint density at radius 3 is 2.58 bits per heavy atom. The number of ether oxygens (including phenoxy) is 1. The summed E-state index contributed by atoms with van der Waals surface area (Å²) in [7, 11) is 1.62. The molecule has 1 aliphatic heterocycles. The van der Waals surface area contributed by atoms with Crippen LogP contribution in [0.3, 0.4) is 0 Å². The first-order chi connectivity index (χ1) is 12.7. The molecule has 0 spiro atoms. The number of amides is 1. The van der Waals surface area contributed by atoms with Gasteiger partial charge < -0.3 is 10.1 Å². The van der Waals surface area contributed by atoms with Crippen molar-refractivity contribution in [2.45, 2.75) is 0 Å². The third-order valence-electron chi connectivity index (χ3n) is 4.06. The fraction of sp³-hybridized carbons (Fsp3) is 0.0476. The molecule has 0 radical (unpaired) electrons. The number of aliphatic imine (C=N–C) groups is 1. The lowest BCUT2D eigenvalue weighted by atomic mass is 10.0. The average Bonchev–Trinajstić information content (AvgIpc) is 3.01. The van der Waals surface area contributed by atoms with Crippen molar-refractivity contribution in [3.63, 3.8) is 0 Å². The van der Waals surface area contributed by atoms with Gasteiger partial charge in [0.1, 0.15) is 5.75 Å². The Kier molecular flexibility index (Phi) is 4.46. The molecule has 1 aliphatic rings. The van der Waals surface area contributed by atoms with E-state index < -0.39 is 0 Å². The zero-order chi connectivity index (χ0) is 17.9. The smallest absolute Gasteiger partial charge is 0.264 e. The van der Waals surface area contributed by atoms with Gasteiger partial charge in [-0.05, 0) is 58.4 Å². The molecule has 0 atom stereocenters. The van der Waals surface area contributed by atoms with E-state index in [1.807, 2.05) is 54.6 Å². The first-order valence-electron chi connectivity index (χ1n) is 8.14. The number of carbonyl (C=O) groups is 1. The number of methoxy groups -OCH3 is 1. The summed E-state index contributed by atoms with van der Waals surface area (Å²) in [5.41, 5.74) is 1.78. The van der Waals surface area contributed by atoms with E-state index in [1.165, 1.54) is 11.8 Å². The molecule has 0 saturated carbocycles. The summed E-state index contributed by atoms with van der Waals surface area (Å²) in [6.07, 6.45) is 1.92. The van der Waals surface area contributed by atoms with E-state index in [4.69, 9.17) is 4.74 Å². The van der Waals surface area contributed by atoms with Gasteiger partial charge in [0.2, 0.25) is 0 Å². The Labute approximate surface area is 155 Å². The number of rotatable bonds is 3. The molecule has 0 aromatic heterocycles. The molecule has 5 heteroatoms. The van der Waals surface area contributed by atoms with Crippen LogP contribution in [0.25, 0.3) is 16.8 Å². The molecule has 1 saturated heterocycles. The summed E-state index contributed by atoms with van der Waals surface area (Å²) < 4.78 is 5.14. The van der Waals surface area contributed by atoms with Gasteiger partial charge in [-0.25, -0.2) is 4.99 Å². The van der Waals surface area contributed by atoms with Crippen molar-refractivity contribution in [3.05, 3.63) is 77.2 Å². The molecule has 128 valence electrons. The highest BCUT2D eigenvalue weighted by molar-refractivity contribution is 8.18. The molecular weight excluding hydrogens is 344 g/mol. The van der Waals surface area contributed by atoms with Crippen LogP contribution in [-0.2, 0) is 4.79 Å². The SMILES string of the molecule is COc1ccc(N=C2NC(=O)C(=Cc3cccc4ccccc34)S2)cc1. The van der Waals surface area contributed by atoms with Crippen LogP contribution in [0.5, 0.6) is 5.75 Å². The summed E-state index contributed by atoms with van der Waals surface area (Å²) in [6.45, 7) is 0. The number of carbonyl (C=O) groups excluding carboxylic acids is 1. The molecule has 3 aromatic carbocycles. The Morgan fingerprint density at radius 1 is 1.00 bits per heavy atom. The predicted molar refractivity (Wildman–Crippen MR) is 108 cm³/mol. The minimum Gasteiger partial charge on any atom is -0.497 e. The number of hydrogen-bond acceptors (Lipinski definition) is 4. The zero-order valence-corrected chi connectivity index (χ0v) is 14.9. The van der Waals surface area contributed by atoms with E-state index in [9.17, 15) is 4.79 Å². The second kappa shape index (κ2) is 7.06. The van der Waals surface area contributed by atoms with Crippen LogP contribution in [0.4, 0.5) is 5.69 Å². The van der Waals surface area contributed by atoms with E-state index in [1.54, 1.807) is 7.11 Å². The first-order valence-corrected chi connectivity index (χ1v) is 8.96. The van der Waals surface area contributed by atoms with Gasteiger partial charge in [-0.15, -0.1) is 0 Å². The van der Waals surface area contributed by atoms with E-state index in [2.05, 4.69) is 28.5 Å². The quantitative estimate of drug-likeness (QED) is 0.687. The van der Waals surface area contributed by atoms with Crippen molar-refractivity contribution < 1.29 is 9.53 Å². The minimum absolute atomic E-state index is 0.129. The van der Waals surface area contributed by atoms with Gasteiger partial charge >= 0.3 is 0 Å². The number of fused-ring (bicyclic) bond motifs is 1. The summed E-state index contributed by atoms with van der Waals surface area (Å²) in [5, 5.41) is 5.67. The van der Waals surface area contributed by atoms with Crippen LogP contribution in [-0.4, -0.2) is 18.2 Å². The van der Waals surface area contributed by atoms with Crippen LogP contribution in [0.15, 0.2) is 76.6 Å². The van der Waals surface area contributed by atoms with Crippen LogP contribution in [0, 0.1) is 0 Å². The molecule has 26 heavy (non-hydrogen) atoms. The molecular formula is C21H16N2O2S. The van der Waals surface area contributed by atoms with Crippen LogP contribution in [0.2, 0.25) is 0 Å². The zero-order valence-electron chi connectivity index (χ0n) is 14.1. The molecule has 4 rings (SSSR count). The maximum absolute atomic E-state index is 12.3. The first kappa shape index (κ1) is 16.4. The van der Waals surface area contributed by atoms with Gasteiger partial charge in [-0.1, -0.05) is 42.5 Å². The number of benzene rings is 3. The van der Waals surface area contributed by atoms with Crippen LogP contribution < -0.4 is 10.1 Å². The van der Waals surface area contributed by atoms with E-state index in [-0.39, 0.29) is 5.91 Å². The van der Waals surface area contributed by atoms with Gasteiger partial charge in [0.15, 0.2) is 5.17 Å². The third kappa shape index (κ3) is 3.34. The Hall–Kier alpha value is -3.05. The highest BCUT2D eigenvalue weighted by atomic mass is 32.2. The van der Waals surface area contributed by atoms with Gasteiger partial charge in [-0.3, -0.25) is 4.79 Å². The molecule has 1 N–H and O–H groups in total. The van der Waals surface area contributed by atoms with Gasteiger partial charge in [-0.2, -0.15) is 0 Å². The molecule has 1 heterocycles. The topological polar surface area (TPSA) is 50.7 Å². The number of nitrogens with zero attached hydrogens (tertiary/aromatic N) is 1. The highest BCUT2D eigenvalue weighted by Crippen LogP contribution is 2.30. The lowest BCUT2D eigenvalue weighted by Gasteiger charge is -2.02. The van der Waals surface area contributed by atoms with Crippen molar-refractivity contribution in [2.75, 3.05) is 7.11 Å². The maximum Gasteiger partial charge on any atom is 0.264 e. The van der Waals surface area contributed by atoms with Crippen molar-refractivity contribution in [1.29, 1.82) is 0 Å². The molecule has 1 fully saturated rings. The fourth-order valence-electron chi connectivity index (χ4n) is 2.77. The predicted octanol–water partition coefficient (Wildman–Crippen LogP) is 4.74. The lowest BCUT2D eigenvalue weighted by molar-refractivity contribution is -0.115. The number of hydrogen-bond donors (Lipinski definition) is 1. The average molecular weight is 360 g/mol. The largest absolute Gasteiger partial charge is 0.497 e. The van der Waals surface area contributed by atoms with Crippen molar-refractivity contribution in [3.8, 4) is 5.75 Å². The summed E-state index contributed by atoms with van der Waals surface area (Å²) >= 11 is 1.35.